The number of nitrogens with one attached hydrogen (secondary N) is 2. The Morgan fingerprint density at radius 1 is 1.21 bits per heavy atom. The molecular formula is C18H17ClN2O3. The first-order chi connectivity index (χ1) is 11.5. The molecule has 0 aromatic heterocycles. The Morgan fingerprint density at radius 2 is 1.96 bits per heavy atom. The zero-order chi connectivity index (χ0) is 17.3. The van der Waals surface area contributed by atoms with E-state index in [0.717, 1.165) is 11.1 Å². The molecule has 0 saturated carbocycles. The second-order valence-electron chi connectivity index (χ2n) is 5.80. The number of hydrogen-bond acceptors (Lipinski definition) is 3. The van der Waals surface area contributed by atoms with E-state index in [4.69, 9.17) is 11.6 Å². The molecule has 6 heteroatoms. The summed E-state index contributed by atoms with van der Waals surface area (Å²) in [4.78, 5) is 23.8. The maximum atomic E-state index is 12.6. The van der Waals surface area contributed by atoms with Crippen molar-refractivity contribution in [3.63, 3.8) is 0 Å². The predicted octanol–water partition coefficient (Wildman–Crippen LogP) is 2.69. The molecule has 2 aromatic rings. The van der Waals surface area contributed by atoms with Crippen molar-refractivity contribution in [3.8, 4) is 0 Å². The smallest absolute Gasteiger partial charge is 0.253 e. The number of aliphatic hydroxyl groups is 1. The molecule has 0 radical (unpaired) electrons. The Morgan fingerprint density at radius 3 is 2.71 bits per heavy atom. The number of hydrogen-bond donors (Lipinski definition) is 3. The third-order valence-corrected chi connectivity index (χ3v) is 4.35. The van der Waals surface area contributed by atoms with Gasteiger partial charge < -0.3 is 15.7 Å². The summed E-state index contributed by atoms with van der Waals surface area (Å²) in [6, 6.07) is 11.8. The third-order valence-electron chi connectivity index (χ3n) is 4.02. The maximum Gasteiger partial charge on any atom is 0.253 e. The minimum Gasteiger partial charge on any atom is -0.390 e. The van der Waals surface area contributed by atoms with Crippen LogP contribution in [-0.2, 0) is 11.2 Å². The zero-order valence-corrected chi connectivity index (χ0v) is 13.8. The molecule has 2 unspecified atom stereocenters. The van der Waals surface area contributed by atoms with Gasteiger partial charge in [-0.1, -0.05) is 35.9 Å². The second-order valence-corrected chi connectivity index (χ2v) is 6.20. The maximum absolute atomic E-state index is 12.6. The van der Waals surface area contributed by atoms with Gasteiger partial charge in [0.2, 0.25) is 5.91 Å². The van der Waals surface area contributed by atoms with Crippen LogP contribution >= 0.6 is 11.6 Å². The van der Waals surface area contributed by atoms with E-state index in [9.17, 15) is 14.7 Å². The highest BCUT2D eigenvalue weighted by molar-refractivity contribution is 6.34. The van der Waals surface area contributed by atoms with Gasteiger partial charge in [-0.3, -0.25) is 9.59 Å². The van der Waals surface area contributed by atoms with Gasteiger partial charge in [-0.15, -0.1) is 0 Å². The van der Waals surface area contributed by atoms with E-state index in [1.54, 1.807) is 12.1 Å². The van der Waals surface area contributed by atoms with Gasteiger partial charge in [-0.2, -0.15) is 0 Å². The standard InChI is InChI=1S/C18H17ClN2O3/c1-10(22)20-12-6-7-15(19)14(9-12)18(24)21-17-13-5-3-2-4-11(13)8-16(17)23/h2-7,9,16-17,23H,8H2,1H3,(H,20,22)(H,21,24). The molecule has 0 bridgehead atoms. The average Bonchev–Trinajstić information content (AvgIpc) is 2.84. The lowest BCUT2D eigenvalue weighted by molar-refractivity contribution is -0.114. The van der Waals surface area contributed by atoms with Gasteiger partial charge in [0.05, 0.1) is 22.7 Å². The summed E-state index contributed by atoms with van der Waals surface area (Å²) in [6.07, 6.45) is -0.176. The average molecular weight is 345 g/mol. The van der Waals surface area contributed by atoms with E-state index in [2.05, 4.69) is 10.6 Å². The molecule has 5 nitrogen and oxygen atoms in total. The zero-order valence-electron chi connectivity index (χ0n) is 13.0. The van der Waals surface area contributed by atoms with Crippen molar-refractivity contribution >= 4 is 29.1 Å². The number of fused-ring (bicyclic) bond motifs is 1. The van der Waals surface area contributed by atoms with Crippen LogP contribution in [0.15, 0.2) is 42.5 Å². The van der Waals surface area contributed by atoms with Crippen LogP contribution in [0.3, 0.4) is 0 Å². The van der Waals surface area contributed by atoms with Gasteiger partial charge in [0.15, 0.2) is 0 Å². The van der Waals surface area contributed by atoms with Crippen LogP contribution < -0.4 is 10.6 Å². The molecule has 24 heavy (non-hydrogen) atoms. The van der Waals surface area contributed by atoms with Gasteiger partial charge in [-0.05, 0) is 29.3 Å². The van der Waals surface area contributed by atoms with Crippen molar-refractivity contribution < 1.29 is 14.7 Å². The van der Waals surface area contributed by atoms with Crippen molar-refractivity contribution in [1.82, 2.24) is 5.32 Å². The summed E-state index contributed by atoms with van der Waals surface area (Å²) in [5.74, 6) is -0.628. The van der Waals surface area contributed by atoms with Crippen LogP contribution in [0, 0.1) is 0 Å². The summed E-state index contributed by atoms with van der Waals surface area (Å²) >= 11 is 6.11. The molecule has 0 saturated heterocycles. The summed E-state index contributed by atoms with van der Waals surface area (Å²) < 4.78 is 0. The highest BCUT2D eigenvalue weighted by Gasteiger charge is 2.32. The van der Waals surface area contributed by atoms with Crippen molar-refractivity contribution in [2.45, 2.75) is 25.5 Å². The first-order valence-corrected chi connectivity index (χ1v) is 7.97. The van der Waals surface area contributed by atoms with Crippen LogP contribution in [-0.4, -0.2) is 23.0 Å². The van der Waals surface area contributed by atoms with Gasteiger partial charge in [-0.25, -0.2) is 0 Å². The Hall–Kier alpha value is -2.37. The van der Waals surface area contributed by atoms with Crippen molar-refractivity contribution in [2.75, 3.05) is 5.32 Å². The van der Waals surface area contributed by atoms with Crippen LogP contribution in [0.4, 0.5) is 5.69 Å². The van der Waals surface area contributed by atoms with Crippen molar-refractivity contribution in [1.29, 1.82) is 0 Å². The first-order valence-electron chi connectivity index (χ1n) is 7.59. The van der Waals surface area contributed by atoms with Crippen LogP contribution in [0.5, 0.6) is 0 Å². The minimum atomic E-state index is -0.677. The molecule has 1 aliphatic carbocycles. The van der Waals surface area contributed by atoms with Crippen LogP contribution in [0.25, 0.3) is 0 Å². The first kappa shape index (κ1) is 16.5. The topological polar surface area (TPSA) is 78.4 Å². The number of amides is 2. The molecule has 1 aliphatic rings. The lowest BCUT2D eigenvalue weighted by Crippen LogP contribution is -2.34. The predicted molar refractivity (Wildman–Crippen MR) is 92.1 cm³/mol. The number of aliphatic hydroxyl groups excluding tert-OH is 1. The summed E-state index contributed by atoms with van der Waals surface area (Å²) in [6.45, 7) is 1.39. The number of anilines is 1. The Bertz CT molecular complexity index is 807. The third kappa shape index (κ3) is 3.27. The summed E-state index contributed by atoms with van der Waals surface area (Å²) in [7, 11) is 0. The molecule has 0 aliphatic heterocycles. The Kier molecular flexibility index (Phi) is 4.55. The van der Waals surface area contributed by atoms with Crippen molar-refractivity contribution in [3.05, 3.63) is 64.2 Å². The largest absolute Gasteiger partial charge is 0.390 e. The lowest BCUT2D eigenvalue weighted by atomic mass is 10.1. The number of benzene rings is 2. The number of carbonyl (C=O) groups excluding carboxylic acids is 2. The molecule has 124 valence electrons. The minimum absolute atomic E-state index is 0.233. The van der Waals surface area contributed by atoms with E-state index in [0.29, 0.717) is 12.1 Å². The van der Waals surface area contributed by atoms with E-state index < -0.39 is 18.1 Å². The van der Waals surface area contributed by atoms with E-state index in [1.165, 1.54) is 13.0 Å². The molecule has 0 spiro atoms. The molecule has 3 rings (SSSR count). The van der Waals surface area contributed by atoms with Gasteiger partial charge >= 0.3 is 0 Å². The number of carbonyl (C=O) groups is 2. The van der Waals surface area contributed by atoms with E-state index in [-0.39, 0.29) is 16.5 Å². The van der Waals surface area contributed by atoms with Crippen LogP contribution in [0.2, 0.25) is 5.02 Å². The molecule has 0 heterocycles. The molecule has 2 aromatic carbocycles. The van der Waals surface area contributed by atoms with Gasteiger partial charge in [0.1, 0.15) is 0 Å². The van der Waals surface area contributed by atoms with E-state index in [1.807, 2.05) is 24.3 Å². The fraction of sp³-hybridized carbons (Fsp3) is 0.222. The molecule has 0 fully saturated rings. The molecule has 2 amide bonds. The summed E-state index contributed by atoms with van der Waals surface area (Å²) in [5.41, 5.74) is 2.67. The highest BCUT2D eigenvalue weighted by atomic mass is 35.5. The Labute approximate surface area is 144 Å². The fourth-order valence-electron chi connectivity index (χ4n) is 2.95. The molecular weight excluding hydrogens is 328 g/mol. The summed E-state index contributed by atoms with van der Waals surface area (Å²) in [5, 5.41) is 16.0. The quantitative estimate of drug-likeness (QED) is 0.801. The van der Waals surface area contributed by atoms with Crippen molar-refractivity contribution in [2.24, 2.45) is 0 Å². The van der Waals surface area contributed by atoms with Gasteiger partial charge in [0, 0.05) is 19.0 Å². The lowest BCUT2D eigenvalue weighted by Gasteiger charge is -2.18. The molecule has 3 N–H and O–H groups in total. The number of rotatable bonds is 3. The Balaban J connectivity index is 1.84. The molecule has 2 atom stereocenters. The van der Waals surface area contributed by atoms with E-state index >= 15 is 0 Å². The SMILES string of the molecule is CC(=O)Nc1ccc(Cl)c(C(=O)NC2c3ccccc3CC2O)c1. The van der Waals surface area contributed by atoms with Crippen LogP contribution in [0.1, 0.15) is 34.5 Å². The van der Waals surface area contributed by atoms with Gasteiger partial charge in [0.25, 0.3) is 5.91 Å². The highest BCUT2D eigenvalue weighted by Crippen LogP contribution is 2.32. The fourth-order valence-corrected chi connectivity index (χ4v) is 3.15. The monoisotopic (exact) mass is 344 g/mol. The second kappa shape index (κ2) is 6.63. The number of halogens is 1. The normalized spacial score (nSPS) is 18.8.